The maximum absolute atomic E-state index is 11.3. The van der Waals surface area contributed by atoms with Crippen molar-refractivity contribution in [1.29, 1.82) is 0 Å². The molecule has 2 N–H and O–H groups in total. The van der Waals surface area contributed by atoms with Gasteiger partial charge in [-0.05, 0) is 24.3 Å². The number of rotatable bonds is 6. The fourth-order valence-corrected chi connectivity index (χ4v) is 1.63. The molecule has 1 aliphatic carbocycles. The second kappa shape index (κ2) is 4.78. The highest BCUT2D eigenvalue weighted by Crippen LogP contribution is 2.50. The summed E-state index contributed by atoms with van der Waals surface area (Å²) in [6.07, 6.45) is 1.85. The average Bonchev–Trinajstić information content (AvgIpc) is 2.71. The van der Waals surface area contributed by atoms with E-state index in [0.717, 1.165) is 19.6 Å². The molecule has 0 spiro atoms. The minimum absolute atomic E-state index is 0.175. The number of hydrogen-bond donors (Lipinski definition) is 2. The zero-order valence-electron chi connectivity index (χ0n) is 9.52. The highest BCUT2D eigenvalue weighted by molar-refractivity contribution is 5.76. The number of hydrogen-bond acceptors (Lipinski definition) is 2. The van der Waals surface area contributed by atoms with Crippen LogP contribution in [0.1, 0.15) is 33.6 Å². The van der Waals surface area contributed by atoms with Gasteiger partial charge in [-0.2, -0.15) is 0 Å². The summed E-state index contributed by atoms with van der Waals surface area (Å²) in [5.74, 6) is 0.874. The number of carbonyl (C=O) groups is 1. The van der Waals surface area contributed by atoms with Gasteiger partial charge < -0.3 is 10.6 Å². The van der Waals surface area contributed by atoms with Crippen molar-refractivity contribution < 1.29 is 4.79 Å². The summed E-state index contributed by atoms with van der Waals surface area (Å²) in [6, 6.07) is 0. The second-order valence-electron chi connectivity index (χ2n) is 4.80. The highest BCUT2D eigenvalue weighted by atomic mass is 16.1. The fraction of sp³-hybridized carbons (Fsp3) is 0.909. The maximum Gasteiger partial charge on any atom is 0.221 e. The fourth-order valence-electron chi connectivity index (χ4n) is 1.63. The molecule has 1 fully saturated rings. The van der Waals surface area contributed by atoms with Gasteiger partial charge in [0.15, 0.2) is 0 Å². The van der Waals surface area contributed by atoms with Crippen molar-refractivity contribution in [3.63, 3.8) is 0 Å². The molecule has 1 unspecified atom stereocenters. The van der Waals surface area contributed by atoms with Crippen LogP contribution >= 0.6 is 0 Å². The summed E-state index contributed by atoms with van der Waals surface area (Å²) in [4.78, 5) is 11.3. The molecule has 3 heteroatoms. The summed E-state index contributed by atoms with van der Waals surface area (Å²) in [5.41, 5.74) is 0.467. The van der Waals surface area contributed by atoms with Crippen molar-refractivity contribution in [2.75, 3.05) is 19.6 Å². The zero-order chi connectivity index (χ0) is 10.6. The maximum atomic E-state index is 11.3. The van der Waals surface area contributed by atoms with Crippen molar-refractivity contribution in [2.45, 2.75) is 33.6 Å². The highest BCUT2D eigenvalue weighted by Gasteiger charge is 2.45. The Hall–Kier alpha value is -0.570. The van der Waals surface area contributed by atoms with Crippen LogP contribution in [0.25, 0.3) is 0 Å². The molecule has 0 saturated heterocycles. The van der Waals surface area contributed by atoms with Crippen molar-refractivity contribution in [3.05, 3.63) is 0 Å². The van der Waals surface area contributed by atoms with E-state index in [0.29, 0.717) is 17.8 Å². The molecule has 0 bridgehead atoms. The third kappa shape index (κ3) is 3.66. The van der Waals surface area contributed by atoms with Crippen LogP contribution < -0.4 is 10.6 Å². The number of carbonyl (C=O) groups excluding carboxylic acids is 1. The molecule has 1 rings (SSSR count). The molecule has 1 atom stereocenters. The Kier molecular flexibility index (Phi) is 3.93. The van der Waals surface area contributed by atoms with Gasteiger partial charge in [-0.1, -0.05) is 20.8 Å². The molecule has 0 aromatic carbocycles. The van der Waals surface area contributed by atoms with Crippen LogP contribution in [0.5, 0.6) is 0 Å². The quantitative estimate of drug-likeness (QED) is 0.629. The molecule has 14 heavy (non-hydrogen) atoms. The normalized spacial score (nSPS) is 23.2. The van der Waals surface area contributed by atoms with E-state index >= 15 is 0 Å². The van der Waals surface area contributed by atoms with Crippen LogP contribution in [0.15, 0.2) is 0 Å². The lowest BCUT2D eigenvalue weighted by molar-refractivity contribution is -0.121. The Morgan fingerprint density at radius 1 is 1.50 bits per heavy atom. The lowest BCUT2D eigenvalue weighted by atomic mass is 10.1. The van der Waals surface area contributed by atoms with E-state index in [-0.39, 0.29) is 5.91 Å². The summed E-state index contributed by atoms with van der Waals surface area (Å²) < 4.78 is 0. The van der Waals surface area contributed by atoms with E-state index in [1.807, 2.05) is 6.92 Å². The molecular weight excluding hydrogens is 176 g/mol. The second-order valence-corrected chi connectivity index (χ2v) is 4.80. The van der Waals surface area contributed by atoms with Crippen LogP contribution in [-0.4, -0.2) is 25.5 Å². The van der Waals surface area contributed by atoms with Crippen molar-refractivity contribution in [1.82, 2.24) is 10.6 Å². The van der Waals surface area contributed by atoms with Crippen LogP contribution in [0, 0.1) is 11.3 Å². The third-order valence-corrected chi connectivity index (χ3v) is 3.04. The average molecular weight is 198 g/mol. The molecule has 0 aliphatic heterocycles. The summed E-state index contributed by atoms with van der Waals surface area (Å²) in [6.45, 7) is 9.13. The van der Waals surface area contributed by atoms with E-state index in [4.69, 9.17) is 0 Å². The predicted molar refractivity (Wildman–Crippen MR) is 58.1 cm³/mol. The lowest BCUT2D eigenvalue weighted by Crippen LogP contribution is -2.29. The summed E-state index contributed by atoms with van der Waals surface area (Å²) in [7, 11) is 0. The molecule has 82 valence electrons. The first-order chi connectivity index (χ1) is 6.56. The smallest absolute Gasteiger partial charge is 0.221 e. The first kappa shape index (κ1) is 11.5. The Labute approximate surface area is 86.6 Å². The Morgan fingerprint density at radius 3 is 2.64 bits per heavy atom. The van der Waals surface area contributed by atoms with E-state index in [2.05, 4.69) is 24.5 Å². The number of amides is 1. The van der Waals surface area contributed by atoms with Crippen molar-refractivity contribution in [3.8, 4) is 0 Å². The largest absolute Gasteiger partial charge is 0.356 e. The molecule has 0 aromatic rings. The molecule has 1 aliphatic rings. The Bertz CT molecular complexity index is 201. The van der Waals surface area contributed by atoms with Gasteiger partial charge in [-0.3, -0.25) is 4.79 Å². The first-order valence-corrected chi connectivity index (χ1v) is 5.53. The predicted octanol–water partition coefficient (Wildman–Crippen LogP) is 1.15. The Balaban J connectivity index is 1.99. The molecule has 1 saturated carbocycles. The van der Waals surface area contributed by atoms with Gasteiger partial charge in [0.25, 0.3) is 0 Å². The van der Waals surface area contributed by atoms with E-state index in [1.165, 1.54) is 6.42 Å². The molecule has 1 amide bonds. The molecule has 0 radical (unpaired) electrons. The van der Waals surface area contributed by atoms with Gasteiger partial charge in [0.1, 0.15) is 0 Å². The zero-order valence-corrected chi connectivity index (χ0v) is 9.52. The number of nitrogens with one attached hydrogen (secondary N) is 2. The molecule has 0 heterocycles. The van der Waals surface area contributed by atoms with Gasteiger partial charge >= 0.3 is 0 Å². The van der Waals surface area contributed by atoms with Gasteiger partial charge in [-0.15, -0.1) is 0 Å². The van der Waals surface area contributed by atoms with Crippen molar-refractivity contribution in [2.24, 2.45) is 11.3 Å². The molecular formula is C11H22N2O. The summed E-state index contributed by atoms with van der Waals surface area (Å²) >= 11 is 0. The van der Waals surface area contributed by atoms with Crippen LogP contribution in [0.3, 0.4) is 0 Å². The minimum atomic E-state index is 0.175. The van der Waals surface area contributed by atoms with Crippen molar-refractivity contribution >= 4 is 5.91 Å². The van der Waals surface area contributed by atoms with E-state index in [1.54, 1.807) is 0 Å². The van der Waals surface area contributed by atoms with Gasteiger partial charge in [0, 0.05) is 19.5 Å². The van der Waals surface area contributed by atoms with Gasteiger partial charge in [0.05, 0.1) is 0 Å². The Morgan fingerprint density at radius 2 is 2.14 bits per heavy atom. The van der Waals surface area contributed by atoms with Gasteiger partial charge in [-0.25, -0.2) is 0 Å². The topological polar surface area (TPSA) is 41.1 Å². The van der Waals surface area contributed by atoms with Crippen LogP contribution in [0.2, 0.25) is 0 Å². The first-order valence-electron chi connectivity index (χ1n) is 5.53. The lowest BCUT2D eigenvalue weighted by Gasteiger charge is -2.06. The molecule has 3 nitrogen and oxygen atoms in total. The van der Waals surface area contributed by atoms with E-state index in [9.17, 15) is 4.79 Å². The summed E-state index contributed by atoms with van der Waals surface area (Å²) in [5, 5.41) is 6.12. The van der Waals surface area contributed by atoms with Crippen LogP contribution in [0.4, 0.5) is 0 Å². The standard InChI is InChI=1S/C11H22N2O/c1-4-12-6-5-10(14)13-8-9-7-11(9,2)3/h9,12H,4-8H2,1-3H3,(H,13,14). The van der Waals surface area contributed by atoms with E-state index < -0.39 is 0 Å². The van der Waals surface area contributed by atoms with Gasteiger partial charge in [0.2, 0.25) is 5.91 Å². The molecule has 0 aromatic heterocycles. The third-order valence-electron chi connectivity index (χ3n) is 3.04. The SMILES string of the molecule is CCNCCC(=O)NCC1CC1(C)C. The monoisotopic (exact) mass is 198 g/mol. The van der Waals surface area contributed by atoms with Crippen LogP contribution in [-0.2, 0) is 4.79 Å². The minimum Gasteiger partial charge on any atom is -0.356 e.